The summed E-state index contributed by atoms with van der Waals surface area (Å²) in [4.78, 5) is 0. The zero-order valence-corrected chi connectivity index (χ0v) is 13.8. The summed E-state index contributed by atoms with van der Waals surface area (Å²) < 4.78 is 63.3. The quantitative estimate of drug-likeness (QED) is 0.297. The molecule has 3 rings (SSSR count). The molecule has 0 fully saturated rings. The molecule has 0 unspecified atom stereocenters. The molecule has 0 aromatic heterocycles. The fourth-order valence-corrected chi connectivity index (χ4v) is 3.09. The molecule has 3 aromatic carbocycles. The molecule has 0 aliphatic rings. The normalized spacial score (nSPS) is 9.80. The van der Waals surface area contributed by atoms with E-state index in [1.54, 1.807) is 0 Å². The standard InChI is InChI=1S/C6HF5O.2C6H5.Al/c7-1-2(8)4(10)6(12)5(11)3(1)9;2*1-2-4-6-5-3-1;/h12H;2*1-5H;/q;;;+1/p-1. The number of halogens is 5. The second kappa shape index (κ2) is 8.65. The number of hydrogen-bond acceptors (Lipinski definition) is 1. The van der Waals surface area contributed by atoms with Crippen LogP contribution < -0.4 is 14.0 Å². The molecular weight excluding hydrogens is 354 g/mol. The second-order valence-electron chi connectivity index (χ2n) is 4.86. The molecule has 7 heteroatoms. The van der Waals surface area contributed by atoms with E-state index in [0.29, 0.717) is 0 Å². The predicted molar refractivity (Wildman–Crippen MR) is 83.6 cm³/mol. The van der Waals surface area contributed by atoms with Crippen molar-refractivity contribution in [3.8, 4) is 5.75 Å². The van der Waals surface area contributed by atoms with Gasteiger partial charge in [0.25, 0.3) is 0 Å². The van der Waals surface area contributed by atoms with Gasteiger partial charge in [0.2, 0.25) is 0 Å². The topological polar surface area (TPSA) is 23.1 Å². The van der Waals surface area contributed by atoms with Gasteiger partial charge in [-0.25, -0.2) is 22.0 Å². The molecular formula is C18H10AlF5O. The first-order valence-corrected chi connectivity index (χ1v) is 8.20. The van der Waals surface area contributed by atoms with Crippen molar-refractivity contribution in [3.63, 3.8) is 0 Å². The minimum atomic E-state index is -2.33. The van der Waals surface area contributed by atoms with Gasteiger partial charge in [-0.1, -0.05) is 0 Å². The maximum atomic E-state index is 12.1. The van der Waals surface area contributed by atoms with Crippen LogP contribution in [-0.2, 0) is 0 Å². The molecule has 0 saturated carbocycles. The summed E-state index contributed by atoms with van der Waals surface area (Å²) in [6, 6.07) is 21.3. The van der Waals surface area contributed by atoms with Crippen LogP contribution >= 0.6 is 0 Å². The monoisotopic (exact) mass is 364 g/mol. The first-order valence-electron chi connectivity index (χ1n) is 7.05. The molecule has 0 N–H and O–H groups in total. The van der Waals surface area contributed by atoms with Crippen molar-refractivity contribution in [1.82, 2.24) is 0 Å². The number of benzene rings is 3. The van der Waals surface area contributed by atoms with Crippen molar-refractivity contribution >= 4 is 24.1 Å². The van der Waals surface area contributed by atoms with Crippen LogP contribution in [0.25, 0.3) is 0 Å². The minimum absolute atomic E-state index is 0.271. The zero-order valence-electron chi connectivity index (χ0n) is 12.6. The Bertz CT molecular complexity index is 699. The van der Waals surface area contributed by atoms with E-state index in [1.807, 2.05) is 0 Å². The fourth-order valence-electron chi connectivity index (χ4n) is 1.88. The molecule has 0 spiro atoms. The Morgan fingerprint density at radius 3 is 1.20 bits per heavy atom. The third kappa shape index (κ3) is 4.82. The van der Waals surface area contributed by atoms with Crippen LogP contribution in [0.5, 0.6) is 5.75 Å². The Kier molecular flexibility index (Phi) is 6.57. The van der Waals surface area contributed by atoms with Crippen molar-refractivity contribution in [2.75, 3.05) is 0 Å². The van der Waals surface area contributed by atoms with Gasteiger partial charge in [0.05, 0.1) is 0 Å². The van der Waals surface area contributed by atoms with E-state index in [4.69, 9.17) is 0 Å². The molecule has 0 heterocycles. The van der Waals surface area contributed by atoms with Crippen LogP contribution in [-0.4, -0.2) is 15.2 Å². The van der Waals surface area contributed by atoms with Gasteiger partial charge >= 0.3 is 84.7 Å². The van der Waals surface area contributed by atoms with Gasteiger partial charge in [-0.05, 0) is 5.75 Å². The molecule has 0 bridgehead atoms. The molecule has 0 aliphatic carbocycles. The first kappa shape index (κ1) is 19.0. The van der Waals surface area contributed by atoms with E-state index in [1.165, 1.54) is 8.85 Å². The van der Waals surface area contributed by atoms with E-state index < -0.39 is 34.8 Å². The van der Waals surface area contributed by atoms with Crippen LogP contribution in [0.2, 0.25) is 0 Å². The summed E-state index contributed by atoms with van der Waals surface area (Å²) in [5.41, 5.74) is 0. The summed E-state index contributed by atoms with van der Waals surface area (Å²) >= 11 is 0.271. The van der Waals surface area contributed by atoms with Gasteiger partial charge in [-0.3, -0.25) is 0 Å². The second-order valence-corrected chi connectivity index (χ2v) is 6.49. The van der Waals surface area contributed by atoms with Gasteiger partial charge in [0.1, 0.15) is 0 Å². The van der Waals surface area contributed by atoms with Crippen LogP contribution in [0.15, 0.2) is 60.7 Å². The third-order valence-electron chi connectivity index (χ3n) is 3.10. The average Bonchev–Trinajstić information content (AvgIpc) is 2.65. The van der Waals surface area contributed by atoms with Crippen LogP contribution in [0.3, 0.4) is 0 Å². The third-order valence-corrected chi connectivity index (χ3v) is 4.54. The molecule has 0 amide bonds. The van der Waals surface area contributed by atoms with Gasteiger partial charge in [0.15, 0.2) is 29.1 Å². The summed E-state index contributed by atoms with van der Waals surface area (Å²) in [5.74, 6) is -13.6. The average molecular weight is 364 g/mol. The summed E-state index contributed by atoms with van der Waals surface area (Å²) in [6.45, 7) is 0. The van der Waals surface area contributed by atoms with E-state index >= 15 is 0 Å². The Morgan fingerprint density at radius 1 is 0.520 bits per heavy atom. The zero-order chi connectivity index (χ0) is 18.4. The van der Waals surface area contributed by atoms with E-state index in [-0.39, 0.29) is 15.2 Å². The molecule has 0 saturated heterocycles. The Hall–Kier alpha value is -2.36. The first-order chi connectivity index (χ1) is 11.9. The molecule has 126 valence electrons. The van der Waals surface area contributed by atoms with Crippen molar-refractivity contribution < 1.29 is 27.1 Å². The van der Waals surface area contributed by atoms with E-state index in [2.05, 4.69) is 60.7 Å². The fraction of sp³-hybridized carbons (Fsp3) is 0. The summed E-state index contributed by atoms with van der Waals surface area (Å²) in [6.07, 6.45) is 0. The Labute approximate surface area is 147 Å². The maximum absolute atomic E-state index is 12.1. The predicted octanol–water partition coefficient (Wildman–Crippen LogP) is 2.80. The Balaban J connectivity index is 0.000000181. The molecule has 25 heavy (non-hydrogen) atoms. The molecule has 0 atom stereocenters. The van der Waals surface area contributed by atoms with Crippen molar-refractivity contribution in [1.29, 1.82) is 0 Å². The van der Waals surface area contributed by atoms with E-state index in [0.717, 1.165) is 0 Å². The van der Waals surface area contributed by atoms with Crippen molar-refractivity contribution in [2.24, 2.45) is 0 Å². The van der Waals surface area contributed by atoms with E-state index in [9.17, 15) is 27.1 Å². The molecule has 3 aromatic rings. The molecule has 0 radical (unpaired) electrons. The summed E-state index contributed by atoms with van der Waals surface area (Å²) in [7, 11) is 0. The molecule has 1 nitrogen and oxygen atoms in total. The number of rotatable bonds is 2. The van der Waals surface area contributed by atoms with Gasteiger partial charge in [-0.15, -0.1) is 0 Å². The van der Waals surface area contributed by atoms with Crippen LogP contribution in [0.1, 0.15) is 0 Å². The van der Waals surface area contributed by atoms with Gasteiger partial charge < -0.3 is 5.11 Å². The SMILES string of the molecule is [O-]c1c(F)c(F)c(F)c(F)c1F.c1cc[c]([Al+][c]2ccccc2)cc1. The van der Waals surface area contributed by atoms with Crippen LogP contribution in [0.4, 0.5) is 22.0 Å². The summed E-state index contributed by atoms with van der Waals surface area (Å²) in [5, 5.41) is 10.2. The van der Waals surface area contributed by atoms with Crippen molar-refractivity contribution in [2.45, 2.75) is 0 Å². The van der Waals surface area contributed by atoms with Gasteiger partial charge in [0, 0.05) is 0 Å². The van der Waals surface area contributed by atoms with Crippen molar-refractivity contribution in [3.05, 3.63) is 89.7 Å². The van der Waals surface area contributed by atoms with Crippen LogP contribution in [0, 0.1) is 29.1 Å². The molecule has 0 aliphatic heterocycles. The number of hydrogen-bond donors (Lipinski definition) is 0. The Morgan fingerprint density at radius 2 is 0.840 bits per heavy atom. The van der Waals surface area contributed by atoms with Gasteiger partial charge in [-0.2, -0.15) is 0 Å².